The van der Waals surface area contributed by atoms with Crippen LogP contribution in [-0.2, 0) is 16.6 Å². The van der Waals surface area contributed by atoms with Crippen molar-refractivity contribution in [1.29, 1.82) is 0 Å². The Hall–Kier alpha value is -0.410. The molecule has 2 fully saturated rings. The van der Waals surface area contributed by atoms with Crippen LogP contribution in [0.2, 0.25) is 0 Å². The van der Waals surface area contributed by atoms with E-state index >= 15 is 0 Å². The molecule has 6 nitrogen and oxygen atoms in total. The van der Waals surface area contributed by atoms with Gasteiger partial charge in [-0.1, -0.05) is 6.42 Å². The average molecular weight is 379 g/mol. The Bertz CT molecular complexity index is 616. The zero-order chi connectivity index (χ0) is 15.0. The summed E-state index contributed by atoms with van der Waals surface area (Å²) in [6.07, 6.45) is 4.24. The third kappa shape index (κ3) is 3.05. The summed E-state index contributed by atoms with van der Waals surface area (Å²) in [5.41, 5.74) is 0. The van der Waals surface area contributed by atoms with Crippen LogP contribution in [0.1, 0.15) is 31.4 Å². The highest BCUT2D eigenvalue weighted by atomic mass is 79.9. The van der Waals surface area contributed by atoms with E-state index in [9.17, 15) is 8.42 Å². The summed E-state index contributed by atoms with van der Waals surface area (Å²) in [4.78, 5) is 2.43. The predicted molar refractivity (Wildman–Crippen MR) is 80.3 cm³/mol. The van der Waals surface area contributed by atoms with Gasteiger partial charge in [0, 0.05) is 24.7 Å². The third-order valence-electron chi connectivity index (χ3n) is 4.31. The van der Waals surface area contributed by atoms with Crippen molar-refractivity contribution in [3.8, 4) is 0 Å². The predicted octanol–water partition coefficient (Wildman–Crippen LogP) is 1.44. The Labute approximate surface area is 132 Å². The minimum absolute atomic E-state index is 0.0466. The Morgan fingerprint density at radius 2 is 2.19 bits per heavy atom. The number of piperidine rings is 1. The lowest BCUT2D eigenvalue weighted by molar-refractivity contribution is 0.186. The van der Waals surface area contributed by atoms with Crippen LogP contribution in [0.4, 0.5) is 0 Å². The molecule has 2 N–H and O–H groups in total. The molecule has 8 heteroatoms. The summed E-state index contributed by atoms with van der Waals surface area (Å²) in [6, 6.07) is 1.62. The lowest BCUT2D eigenvalue weighted by Gasteiger charge is -2.32. The Balaban J connectivity index is 1.78. The number of nitrogens with zero attached hydrogens (tertiary/aromatic N) is 1. The highest BCUT2D eigenvalue weighted by Gasteiger charge is 2.38. The number of fused-ring (bicyclic) bond motifs is 1. The van der Waals surface area contributed by atoms with Crippen LogP contribution in [0.15, 0.2) is 20.0 Å². The van der Waals surface area contributed by atoms with Gasteiger partial charge in [-0.2, -0.15) is 0 Å². The van der Waals surface area contributed by atoms with Crippen molar-refractivity contribution in [1.82, 2.24) is 9.62 Å². The normalized spacial score (nSPS) is 27.0. The van der Waals surface area contributed by atoms with Gasteiger partial charge in [0.25, 0.3) is 0 Å². The van der Waals surface area contributed by atoms with Gasteiger partial charge in [0.05, 0.1) is 0 Å². The van der Waals surface area contributed by atoms with Gasteiger partial charge in [0.2, 0.25) is 10.0 Å². The molecule has 2 unspecified atom stereocenters. The number of hydrogen-bond acceptors (Lipinski definition) is 5. The topological polar surface area (TPSA) is 82.8 Å². The molecule has 0 spiro atoms. The molecule has 0 saturated carbocycles. The third-order valence-corrected chi connectivity index (χ3v) is 6.66. The van der Waals surface area contributed by atoms with Gasteiger partial charge in [-0.3, -0.25) is 4.90 Å². The molecule has 0 aliphatic carbocycles. The summed E-state index contributed by atoms with van der Waals surface area (Å²) < 4.78 is 33.1. The second kappa shape index (κ2) is 6.00. The van der Waals surface area contributed by atoms with Crippen molar-refractivity contribution in [2.75, 3.05) is 13.1 Å². The molecule has 2 saturated heterocycles. The Morgan fingerprint density at radius 1 is 1.38 bits per heavy atom. The van der Waals surface area contributed by atoms with Crippen LogP contribution in [0.5, 0.6) is 0 Å². The Morgan fingerprint density at radius 3 is 2.90 bits per heavy atom. The summed E-state index contributed by atoms with van der Waals surface area (Å²) in [7, 11) is -3.64. The molecule has 0 amide bonds. The van der Waals surface area contributed by atoms with Crippen LogP contribution in [0.3, 0.4) is 0 Å². The van der Waals surface area contributed by atoms with Crippen LogP contribution >= 0.6 is 15.9 Å². The molecule has 1 aromatic heterocycles. The number of rotatable bonds is 4. The van der Waals surface area contributed by atoms with E-state index < -0.39 is 10.0 Å². The smallest absolute Gasteiger partial charge is 0.245 e. The van der Waals surface area contributed by atoms with E-state index in [4.69, 9.17) is 9.52 Å². The van der Waals surface area contributed by atoms with Gasteiger partial charge in [-0.25, -0.2) is 13.1 Å². The standard InChI is InChI=1S/C13H19BrN2O4S/c14-13-12(7-9(8-17)20-13)21(18,19)15-10-4-6-16-5-2-1-3-11(10)16/h7,10-11,15,17H,1-6,8H2. The van der Waals surface area contributed by atoms with Crippen molar-refractivity contribution in [3.63, 3.8) is 0 Å². The molecule has 3 rings (SSSR count). The fourth-order valence-corrected chi connectivity index (χ4v) is 5.61. The second-order valence-electron chi connectivity index (χ2n) is 5.62. The number of hydrogen-bond donors (Lipinski definition) is 2. The van der Waals surface area contributed by atoms with Crippen molar-refractivity contribution in [2.24, 2.45) is 0 Å². The van der Waals surface area contributed by atoms with Gasteiger partial charge >= 0.3 is 0 Å². The first-order chi connectivity index (χ1) is 10.0. The molecule has 118 valence electrons. The summed E-state index contributed by atoms with van der Waals surface area (Å²) in [6.45, 7) is 1.69. The number of nitrogens with one attached hydrogen (secondary N) is 1. The SMILES string of the molecule is O=S(=O)(NC1CCN2CCCCC12)c1cc(CO)oc1Br. The maximum atomic E-state index is 12.5. The van der Waals surface area contributed by atoms with Crippen LogP contribution < -0.4 is 4.72 Å². The van der Waals surface area contributed by atoms with E-state index in [2.05, 4.69) is 25.6 Å². The van der Waals surface area contributed by atoms with Crippen molar-refractivity contribution < 1.29 is 17.9 Å². The minimum Gasteiger partial charge on any atom is -0.450 e. The first-order valence-corrected chi connectivity index (χ1v) is 9.44. The quantitative estimate of drug-likeness (QED) is 0.827. The van der Waals surface area contributed by atoms with Crippen LogP contribution in [0, 0.1) is 0 Å². The summed E-state index contributed by atoms with van der Waals surface area (Å²) >= 11 is 3.10. The number of aliphatic hydroxyl groups excluding tert-OH is 1. The maximum Gasteiger partial charge on any atom is 0.245 e. The van der Waals surface area contributed by atoms with Crippen LogP contribution in [0.25, 0.3) is 0 Å². The molecule has 3 heterocycles. The summed E-state index contributed by atoms with van der Waals surface area (Å²) in [5.74, 6) is 0.230. The highest BCUT2D eigenvalue weighted by molar-refractivity contribution is 9.10. The van der Waals surface area contributed by atoms with Gasteiger partial charge in [0.1, 0.15) is 17.3 Å². The van der Waals surface area contributed by atoms with Gasteiger partial charge in [0.15, 0.2) is 4.67 Å². The minimum atomic E-state index is -3.64. The molecule has 0 radical (unpaired) electrons. The number of halogens is 1. The first kappa shape index (κ1) is 15.5. The van der Waals surface area contributed by atoms with Gasteiger partial charge in [-0.15, -0.1) is 0 Å². The molecule has 0 aromatic carbocycles. The average Bonchev–Trinajstić information content (AvgIpc) is 3.03. The zero-order valence-corrected chi connectivity index (χ0v) is 14.0. The van der Waals surface area contributed by atoms with E-state index in [0.29, 0.717) is 6.04 Å². The van der Waals surface area contributed by atoms with E-state index in [1.54, 1.807) is 0 Å². The van der Waals surface area contributed by atoms with Crippen LogP contribution in [-0.4, -0.2) is 43.6 Å². The monoisotopic (exact) mass is 378 g/mol. The lowest BCUT2D eigenvalue weighted by Crippen LogP contribution is -2.46. The van der Waals surface area contributed by atoms with E-state index in [1.807, 2.05) is 0 Å². The van der Waals surface area contributed by atoms with Crippen molar-refractivity contribution in [3.05, 3.63) is 16.5 Å². The van der Waals surface area contributed by atoms with E-state index in [1.165, 1.54) is 12.5 Å². The number of sulfonamides is 1. The van der Waals surface area contributed by atoms with Gasteiger partial charge < -0.3 is 9.52 Å². The molecule has 2 aliphatic rings. The van der Waals surface area contributed by atoms with Crippen molar-refractivity contribution in [2.45, 2.75) is 49.3 Å². The lowest BCUT2D eigenvalue weighted by atomic mass is 10.00. The van der Waals surface area contributed by atoms with E-state index in [0.717, 1.165) is 32.4 Å². The number of furan rings is 1. The fraction of sp³-hybridized carbons (Fsp3) is 0.692. The van der Waals surface area contributed by atoms with Gasteiger partial charge in [-0.05, 0) is 41.7 Å². The highest BCUT2D eigenvalue weighted by Crippen LogP contribution is 2.30. The molecule has 21 heavy (non-hydrogen) atoms. The largest absolute Gasteiger partial charge is 0.450 e. The molecule has 2 aliphatic heterocycles. The molecule has 2 atom stereocenters. The summed E-state index contributed by atoms with van der Waals surface area (Å²) in [5, 5.41) is 9.04. The van der Waals surface area contributed by atoms with Crippen molar-refractivity contribution >= 4 is 26.0 Å². The second-order valence-corrected chi connectivity index (χ2v) is 8.03. The Kier molecular flexibility index (Phi) is 4.42. The molecular formula is C13H19BrN2O4S. The molecular weight excluding hydrogens is 360 g/mol. The number of aliphatic hydroxyl groups is 1. The zero-order valence-electron chi connectivity index (χ0n) is 11.6. The van der Waals surface area contributed by atoms with E-state index in [-0.39, 0.29) is 28.0 Å². The molecule has 1 aromatic rings. The molecule has 0 bridgehead atoms. The fourth-order valence-electron chi connectivity index (χ4n) is 3.31. The maximum absolute atomic E-state index is 12.5. The first-order valence-electron chi connectivity index (χ1n) is 7.17.